The molecular formula is C23H48O2S2. The summed E-state index contributed by atoms with van der Waals surface area (Å²) in [7, 11) is 0.146. The Labute approximate surface area is 178 Å². The van der Waals surface area contributed by atoms with Crippen molar-refractivity contribution >= 4 is 23.5 Å². The Kier molecular flexibility index (Phi) is 14.7. The van der Waals surface area contributed by atoms with Crippen LogP contribution in [-0.2, 0) is 9.47 Å². The first-order valence-corrected chi connectivity index (χ1v) is 13.8. The molecular weight excluding hydrogens is 372 g/mol. The summed E-state index contributed by atoms with van der Waals surface area (Å²) in [5.41, 5.74) is 0.431. The van der Waals surface area contributed by atoms with E-state index in [1.54, 1.807) is 0 Å². The Bertz CT molecular complexity index is 338. The SMILES string of the molecule is CC(CCOCCCCOCC[SH](CCS)C1CCCCC1)CC(C)(C)C. The zero-order valence-electron chi connectivity index (χ0n) is 18.7. The van der Waals surface area contributed by atoms with Crippen LogP contribution in [0.1, 0.15) is 85.5 Å². The molecule has 0 N–H and O–H groups in total. The van der Waals surface area contributed by atoms with E-state index < -0.39 is 0 Å². The van der Waals surface area contributed by atoms with Crippen molar-refractivity contribution in [2.24, 2.45) is 11.3 Å². The second kappa shape index (κ2) is 15.5. The molecule has 1 saturated carbocycles. The first kappa shape index (κ1) is 25.7. The van der Waals surface area contributed by atoms with Gasteiger partial charge in [-0.05, 0) is 72.4 Å². The van der Waals surface area contributed by atoms with Crippen molar-refractivity contribution in [2.45, 2.75) is 90.7 Å². The van der Waals surface area contributed by atoms with E-state index in [0.29, 0.717) is 5.41 Å². The van der Waals surface area contributed by atoms with Gasteiger partial charge in [0.2, 0.25) is 0 Å². The van der Waals surface area contributed by atoms with E-state index in [1.165, 1.54) is 56.5 Å². The van der Waals surface area contributed by atoms with Crippen molar-refractivity contribution in [3.05, 3.63) is 0 Å². The van der Waals surface area contributed by atoms with Gasteiger partial charge in [-0.2, -0.15) is 12.6 Å². The lowest BCUT2D eigenvalue weighted by Gasteiger charge is -2.33. The summed E-state index contributed by atoms with van der Waals surface area (Å²) in [5, 5.41) is 0.999. The zero-order chi connectivity index (χ0) is 20.0. The molecule has 1 fully saturated rings. The molecule has 1 rings (SSSR count). The maximum atomic E-state index is 5.94. The Morgan fingerprint density at radius 2 is 1.56 bits per heavy atom. The van der Waals surface area contributed by atoms with Crippen LogP contribution in [0.3, 0.4) is 0 Å². The summed E-state index contributed by atoms with van der Waals surface area (Å²) in [4.78, 5) is 0. The number of unbranched alkanes of at least 4 members (excludes halogenated alkanes) is 1. The second-order valence-corrected chi connectivity index (χ2v) is 12.9. The first-order valence-electron chi connectivity index (χ1n) is 11.4. The molecule has 0 aromatic heterocycles. The number of ether oxygens (including phenoxy) is 2. The van der Waals surface area contributed by atoms with Crippen molar-refractivity contribution in [1.82, 2.24) is 0 Å². The van der Waals surface area contributed by atoms with Gasteiger partial charge in [-0.1, -0.05) is 47.0 Å². The minimum Gasteiger partial charge on any atom is -0.381 e. The molecule has 0 amide bonds. The summed E-state index contributed by atoms with van der Waals surface area (Å²) in [5.74, 6) is 4.43. The molecule has 0 bridgehead atoms. The van der Waals surface area contributed by atoms with Crippen LogP contribution in [0.15, 0.2) is 0 Å². The largest absolute Gasteiger partial charge is 0.381 e. The molecule has 164 valence electrons. The molecule has 1 aliphatic rings. The number of hydrogen-bond donors (Lipinski definition) is 2. The quantitative estimate of drug-likeness (QED) is 0.232. The Hall–Kier alpha value is 0.620. The molecule has 4 heteroatoms. The van der Waals surface area contributed by atoms with Gasteiger partial charge < -0.3 is 9.47 Å². The van der Waals surface area contributed by atoms with E-state index in [2.05, 4.69) is 40.3 Å². The summed E-state index contributed by atoms with van der Waals surface area (Å²) in [6.07, 6.45) is 12.0. The van der Waals surface area contributed by atoms with E-state index >= 15 is 0 Å². The summed E-state index contributed by atoms with van der Waals surface area (Å²) < 4.78 is 11.8. The predicted octanol–water partition coefficient (Wildman–Crippen LogP) is 6.53. The molecule has 0 aromatic rings. The van der Waals surface area contributed by atoms with Crippen LogP contribution >= 0.6 is 23.5 Å². The van der Waals surface area contributed by atoms with Gasteiger partial charge in [-0.15, -0.1) is 0 Å². The fraction of sp³-hybridized carbons (Fsp3) is 1.00. The van der Waals surface area contributed by atoms with E-state index in [4.69, 9.17) is 9.47 Å². The minimum atomic E-state index is 0.146. The van der Waals surface area contributed by atoms with Crippen molar-refractivity contribution < 1.29 is 9.47 Å². The van der Waals surface area contributed by atoms with Gasteiger partial charge in [-0.25, -0.2) is 10.9 Å². The van der Waals surface area contributed by atoms with Crippen LogP contribution in [0.4, 0.5) is 0 Å². The lowest BCUT2D eigenvalue weighted by molar-refractivity contribution is 0.0978. The van der Waals surface area contributed by atoms with Crippen molar-refractivity contribution in [1.29, 1.82) is 0 Å². The smallest absolute Gasteiger partial charge is 0.0540 e. The molecule has 0 radical (unpaired) electrons. The Balaban J connectivity index is 1.94. The molecule has 1 aliphatic carbocycles. The molecule has 0 saturated heterocycles. The molecule has 0 aromatic carbocycles. The predicted molar refractivity (Wildman–Crippen MR) is 128 cm³/mol. The summed E-state index contributed by atoms with van der Waals surface area (Å²) >= 11 is 4.49. The fourth-order valence-corrected chi connectivity index (χ4v) is 7.72. The highest BCUT2D eigenvalue weighted by molar-refractivity contribution is 8.17. The first-order chi connectivity index (χ1) is 12.9. The van der Waals surface area contributed by atoms with Crippen LogP contribution in [0.5, 0.6) is 0 Å². The van der Waals surface area contributed by atoms with Gasteiger partial charge in [-0.3, -0.25) is 0 Å². The number of thiol groups is 2. The number of rotatable bonds is 15. The molecule has 0 spiro atoms. The Morgan fingerprint density at radius 3 is 2.15 bits per heavy atom. The van der Waals surface area contributed by atoms with E-state index in [-0.39, 0.29) is 10.9 Å². The third-order valence-electron chi connectivity index (χ3n) is 5.54. The standard InChI is InChI=1S/C23H48O2S2/c1-21(20-23(2,3)4)12-15-24-13-8-9-14-25-16-18-27(19-17-26)22-10-6-5-7-11-22/h21-22,26-27H,5-20H2,1-4H3. The average molecular weight is 421 g/mol. The molecule has 2 unspecified atom stereocenters. The molecule has 0 aliphatic heterocycles. The maximum Gasteiger partial charge on any atom is 0.0540 e. The molecule has 27 heavy (non-hydrogen) atoms. The minimum absolute atomic E-state index is 0.146. The maximum absolute atomic E-state index is 5.94. The van der Waals surface area contributed by atoms with Gasteiger partial charge in [0.05, 0.1) is 6.61 Å². The summed E-state index contributed by atoms with van der Waals surface area (Å²) in [6.45, 7) is 13.0. The van der Waals surface area contributed by atoms with Gasteiger partial charge in [0.15, 0.2) is 0 Å². The topological polar surface area (TPSA) is 18.5 Å². The Morgan fingerprint density at radius 1 is 0.926 bits per heavy atom. The van der Waals surface area contributed by atoms with Crippen LogP contribution in [-0.4, -0.2) is 48.9 Å². The third-order valence-corrected chi connectivity index (χ3v) is 9.22. The van der Waals surface area contributed by atoms with Crippen molar-refractivity contribution in [2.75, 3.05) is 43.7 Å². The lowest BCUT2D eigenvalue weighted by Crippen LogP contribution is -2.19. The van der Waals surface area contributed by atoms with Crippen LogP contribution < -0.4 is 0 Å². The van der Waals surface area contributed by atoms with Crippen molar-refractivity contribution in [3.8, 4) is 0 Å². The van der Waals surface area contributed by atoms with Gasteiger partial charge in [0.25, 0.3) is 0 Å². The summed E-state index contributed by atoms with van der Waals surface area (Å²) in [6, 6.07) is 0. The number of hydrogen-bond acceptors (Lipinski definition) is 3. The normalized spacial score (nSPS) is 19.2. The molecule has 2 atom stereocenters. The zero-order valence-corrected chi connectivity index (χ0v) is 20.5. The van der Waals surface area contributed by atoms with Crippen LogP contribution in [0.2, 0.25) is 0 Å². The highest BCUT2D eigenvalue weighted by Crippen LogP contribution is 2.40. The molecule has 0 heterocycles. The monoisotopic (exact) mass is 420 g/mol. The highest BCUT2D eigenvalue weighted by Gasteiger charge is 2.19. The third kappa shape index (κ3) is 14.3. The fourth-order valence-electron chi connectivity index (χ4n) is 4.28. The van der Waals surface area contributed by atoms with Gasteiger partial charge >= 0.3 is 0 Å². The second-order valence-electron chi connectivity index (χ2n) is 9.64. The lowest BCUT2D eigenvalue weighted by atomic mass is 9.84. The van der Waals surface area contributed by atoms with Gasteiger partial charge in [0.1, 0.15) is 0 Å². The van der Waals surface area contributed by atoms with E-state index in [1.807, 2.05) is 0 Å². The molecule has 2 nitrogen and oxygen atoms in total. The van der Waals surface area contributed by atoms with Crippen LogP contribution in [0.25, 0.3) is 0 Å². The van der Waals surface area contributed by atoms with E-state index in [0.717, 1.165) is 56.2 Å². The van der Waals surface area contributed by atoms with Gasteiger partial charge in [0, 0.05) is 19.8 Å². The van der Waals surface area contributed by atoms with Crippen molar-refractivity contribution in [3.63, 3.8) is 0 Å². The van der Waals surface area contributed by atoms with E-state index in [9.17, 15) is 0 Å². The average Bonchev–Trinajstić information content (AvgIpc) is 2.61. The highest BCUT2D eigenvalue weighted by atomic mass is 32.2. The van der Waals surface area contributed by atoms with Crippen LogP contribution in [0, 0.1) is 11.3 Å².